The molecular formula is C25H32O3. The van der Waals surface area contributed by atoms with Gasteiger partial charge in [0, 0.05) is 6.08 Å². The van der Waals surface area contributed by atoms with Crippen molar-refractivity contribution in [1.82, 2.24) is 0 Å². The normalized spacial score (nSPS) is 32.1. The zero-order valence-corrected chi connectivity index (χ0v) is 17.5. The minimum Gasteiger partial charge on any atom is -0.497 e. The largest absolute Gasteiger partial charge is 0.497 e. The summed E-state index contributed by atoms with van der Waals surface area (Å²) in [5.41, 5.74) is 4.83. The van der Waals surface area contributed by atoms with E-state index in [1.807, 2.05) is 6.08 Å². The molecule has 1 saturated carbocycles. The number of carbonyl (C=O) groups excluding carboxylic acids is 1. The lowest BCUT2D eigenvalue weighted by atomic mass is 9.53. The van der Waals surface area contributed by atoms with E-state index in [2.05, 4.69) is 38.1 Å². The smallest absolute Gasteiger partial charge is 0.330 e. The van der Waals surface area contributed by atoms with Crippen LogP contribution < -0.4 is 4.74 Å². The van der Waals surface area contributed by atoms with E-state index in [1.165, 1.54) is 43.9 Å². The van der Waals surface area contributed by atoms with Gasteiger partial charge in [-0.2, -0.15) is 0 Å². The van der Waals surface area contributed by atoms with Crippen LogP contribution in [0.2, 0.25) is 0 Å². The maximum Gasteiger partial charge on any atom is 0.330 e. The standard InChI is InChI=1S/C25H32O3/c1-16(5-12-24(26)28-4)22-10-11-23-21-8-6-17-15-18(27-3)7-9-19(17)20(21)13-14-25(22,23)2/h5,7,9-10,12,15-16,20-21,23H,6,8,11,13-14H2,1-4H3/t16-,20-,21-,23+,25-/m1/s1. The van der Waals surface area contributed by atoms with E-state index in [0.29, 0.717) is 11.8 Å². The van der Waals surface area contributed by atoms with Crippen LogP contribution in [0.3, 0.4) is 0 Å². The molecule has 3 aliphatic carbocycles. The van der Waals surface area contributed by atoms with Gasteiger partial charge >= 0.3 is 5.97 Å². The topological polar surface area (TPSA) is 35.5 Å². The van der Waals surface area contributed by atoms with Gasteiger partial charge in [0.25, 0.3) is 0 Å². The van der Waals surface area contributed by atoms with Gasteiger partial charge in [0.1, 0.15) is 5.75 Å². The summed E-state index contributed by atoms with van der Waals surface area (Å²) in [5.74, 6) is 3.15. The van der Waals surface area contributed by atoms with Gasteiger partial charge in [-0.25, -0.2) is 4.79 Å². The number of benzene rings is 1. The summed E-state index contributed by atoms with van der Waals surface area (Å²) in [6, 6.07) is 6.70. The van der Waals surface area contributed by atoms with E-state index in [0.717, 1.165) is 18.1 Å². The van der Waals surface area contributed by atoms with E-state index in [4.69, 9.17) is 9.47 Å². The molecule has 1 fully saturated rings. The molecular weight excluding hydrogens is 348 g/mol. The first-order valence-corrected chi connectivity index (χ1v) is 10.6. The van der Waals surface area contributed by atoms with Crippen molar-refractivity contribution in [1.29, 1.82) is 0 Å². The van der Waals surface area contributed by atoms with Crippen LogP contribution in [0.25, 0.3) is 0 Å². The number of hydrogen-bond acceptors (Lipinski definition) is 3. The number of methoxy groups -OCH3 is 2. The average molecular weight is 381 g/mol. The van der Waals surface area contributed by atoms with Crippen LogP contribution in [0.1, 0.15) is 56.6 Å². The monoisotopic (exact) mass is 380 g/mol. The van der Waals surface area contributed by atoms with Gasteiger partial charge in [-0.3, -0.25) is 0 Å². The van der Waals surface area contributed by atoms with Gasteiger partial charge < -0.3 is 9.47 Å². The maximum absolute atomic E-state index is 11.5. The van der Waals surface area contributed by atoms with Gasteiger partial charge in [-0.05, 0) is 84.5 Å². The maximum atomic E-state index is 11.5. The molecule has 1 aromatic rings. The lowest BCUT2D eigenvalue weighted by molar-refractivity contribution is -0.134. The number of allylic oxidation sites excluding steroid dienone is 3. The molecule has 3 aliphatic rings. The van der Waals surface area contributed by atoms with Crippen LogP contribution in [-0.2, 0) is 16.0 Å². The molecule has 0 N–H and O–H groups in total. The average Bonchev–Trinajstić information content (AvgIpc) is 3.08. The Morgan fingerprint density at radius 2 is 2.11 bits per heavy atom. The lowest BCUT2D eigenvalue weighted by Gasteiger charge is -2.51. The minimum absolute atomic E-state index is 0.255. The molecule has 0 aliphatic heterocycles. The fourth-order valence-electron chi connectivity index (χ4n) is 6.39. The summed E-state index contributed by atoms with van der Waals surface area (Å²) in [4.78, 5) is 11.5. The zero-order valence-electron chi connectivity index (χ0n) is 17.5. The first-order valence-electron chi connectivity index (χ1n) is 10.6. The number of carbonyl (C=O) groups is 1. The lowest BCUT2D eigenvalue weighted by Crippen LogP contribution is -2.41. The molecule has 28 heavy (non-hydrogen) atoms. The number of hydrogen-bond donors (Lipinski definition) is 0. The van der Waals surface area contributed by atoms with Crippen LogP contribution in [0.4, 0.5) is 0 Å². The number of fused-ring (bicyclic) bond motifs is 5. The highest BCUT2D eigenvalue weighted by Gasteiger charge is 2.52. The molecule has 0 bridgehead atoms. The molecule has 0 unspecified atom stereocenters. The first-order chi connectivity index (χ1) is 13.5. The summed E-state index contributed by atoms with van der Waals surface area (Å²) in [7, 11) is 3.18. The van der Waals surface area contributed by atoms with Crippen LogP contribution in [0, 0.1) is 23.2 Å². The molecule has 0 aromatic heterocycles. The van der Waals surface area contributed by atoms with Gasteiger partial charge in [-0.15, -0.1) is 0 Å². The predicted octanol–water partition coefficient (Wildman–Crippen LogP) is 5.45. The molecule has 3 nitrogen and oxygen atoms in total. The molecule has 0 radical (unpaired) electrons. The molecule has 0 amide bonds. The number of esters is 1. The Hall–Kier alpha value is -2.03. The zero-order chi connectivity index (χ0) is 19.9. The molecule has 150 valence electrons. The van der Waals surface area contributed by atoms with E-state index in [9.17, 15) is 4.79 Å². The van der Waals surface area contributed by atoms with E-state index in [1.54, 1.807) is 18.7 Å². The molecule has 0 heterocycles. The molecule has 0 spiro atoms. The molecule has 1 aromatic carbocycles. The number of ether oxygens (including phenoxy) is 2. The van der Waals surface area contributed by atoms with Crippen molar-refractivity contribution in [2.75, 3.05) is 14.2 Å². The SMILES string of the molecule is COC(=O)C=C[C@@H](C)C1=CC[C@H]2[C@@H]3CCc4cc(OC)ccc4[C@H]3CC[C@]12C. The van der Waals surface area contributed by atoms with Crippen LogP contribution in [0.5, 0.6) is 5.75 Å². The van der Waals surface area contributed by atoms with Gasteiger partial charge in [0.05, 0.1) is 14.2 Å². The Labute approximate surface area is 168 Å². The van der Waals surface area contributed by atoms with Gasteiger partial charge in [-0.1, -0.05) is 37.6 Å². The van der Waals surface area contributed by atoms with Crippen molar-refractivity contribution in [3.8, 4) is 5.75 Å². The summed E-state index contributed by atoms with van der Waals surface area (Å²) in [6.45, 7) is 4.69. The van der Waals surface area contributed by atoms with Crippen molar-refractivity contribution >= 4 is 5.97 Å². The summed E-state index contributed by atoms with van der Waals surface area (Å²) in [5, 5.41) is 0. The summed E-state index contributed by atoms with van der Waals surface area (Å²) >= 11 is 0. The van der Waals surface area contributed by atoms with E-state index in [-0.39, 0.29) is 17.3 Å². The fraction of sp³-hybridized carbons (Fsp3) is 0.560. The third-order valence-corrected chi connectivity index (χ3v) is 7.79. The quantitative estimate of drug-likeness (QED) is 0.396. The van der Waals surface area contributed by atoms with Crippen LogP contribution in [-0.4, -0.2) is 20.2 Å². The highest BCUT2D eigenvalue weighted by molar-refractivity contribution is 5.81. The van der Waals surface area contributed by atoms with Gasteiger partial charge in [0.15, 0.2) is 0 Å². The van der Waals surface area contributed by atoms with Crippen molar-refractivity contribution in [3.05, 3.63) is 53.1 Å². The van der Waals surface area contributed by atoms with E-state index >= 15 is 0 Å². The Balaban J connectivity index is 1.56. The minimum atomic E-state index is -0.268. The summed E-state index contributed by atoms with van der Waals surface area (Å²) in [6.07, 6.45) is 12.2. The van der Waals surface area contributed by atoms with Crippen molar-refractivity contribution in [3.63, 3.8) is 0 Å². The molecule has 5 atom stereocenters. The molecule has 3 heteroatoms. The van der Waals surface area contributed by atoms with Crippen molar-refractivity contribution in [2.24, 2.45) is 23.2 Å². The Morgan fingerprint density at radius 1 is 1.29 bits per heavy atom. The second kappa shape index (κ2) is 7.42. The Kier molecular flexibility index (Phi) is 5.11. The molecule has 4 rings (SSSR count). The van der Waals surface area contributed by atoms with Crippen molar-refractivity contribution < 1.29 is 14.3 Å². The highest BCUT2D eigenvalue weighted by Crippen LogP contribution is 2.62. The fourth-order valence-corrected chi connectivity index (χ4v) is 6.39. The highest BCUT2D eigenvalue weighted by atomic mass is 16.5. The second-order valence-electron chi connectivity index (χ2n) is 9.00. The Morgan fingerprint density at radius 3 is 2.86 bits per heavy atom. The summed E-state index contributed by atoms with van der Waals surface area (Å²) < 4.78 is 10.2. The third-order valence-electron chi connectivity index (χ3n) is 7.79. The van der Waals surface area contributed by atoms with Crippen LogP contribution in [0.15, 0.2) is 42.0 Å². The van der Waals surface area contributed by atoms with E-state index < -0.39 is 0 Å². The molecule has 0 saturated heterocycles. The third kappa shape index (κ3) is 3.09. The second-order valence-corrected chi connectivity index (χ2v) is 9.00. The number of rotatable bonds is 4. The first kappa shape index (κ1) is 19.3. The van der Waals surface area contributed by atoms with Gasteiger partial charge in [0.2, 0.25) is 0 Å². The van der Waals surface area contributed by atoms with Crippen molar-refractivity contribution in [2.45, 2.75) is 51.9 Å². The number of aryl methyl sites for hydroxylation is 1. The predicted molar refractivity (Wildman–Crippen MR) is 111 cm³/mol. The van der Waals surface area contributed by atoms with Crippen LogP contribution >= 0.6 is 0 Å². The Bertz CT molecular complexity index is 821.